The van der Waals surface area contributed by atoms with Crippen molar-refractivity contribution in [1.82, 2.24) is 53.2 Å². The number of amides is 13. The van der Waals surface area contributed by atoms with Crippen molar-refractivity contribution in [2.75, 3.05) is 19.8 Å². The molecule has 0 aliphatic heterocycles. The van der Waals surface area contributed by atoms with E-state index in [0.717, 1.165) is 0 Å². The molecule has 0 rings (SSSR count). The molecule has 0 bridgehead atoms. The normalized spacial score (nSPS) is 15.3. The minimum atomic E-state index is -5.58. The highest BCUT2D eigenvalue weighted by molar-refractivity contribution is 7.46. The first kappa shape index (κ1) is 87.7. The third-order valence-electron chi connectivity index (χ3n) is 13.5. The lowest BCUT2D eigenvalue weighted by Gasteiger charge is -2.30. The van der Waals surface area contributed by atoms with Gasteiger partial charge in [-0.15, -0.1) is 0 Å². The van der Waals surface area contributed by atoms with Crippen molar-refractivity contribution in [1.29, 1.82) is 0 Å². The van der Waals surface area contributed by atoms with Crippen LogP contribution in [0, 0.1) is 17.8 Å². The Bertz CT molecular complexity index is 2860. The highest BCUT2D eigenvalue weighted by Crippen LogP contribution is 2.36. The van der Waals surface area contributed by atoms with Crippen molar-refractivity contribution in [3.63, 3.8) is 0 Å². The van der Waals surface area contributed by atoms with E-state index >= 15 is 0 Å². The monoisotopic (exact) mass is 1420 g/mol. The summed E-state index contributed by atoms with van der Waals surface area (Å²) in [5.74, 6) is -23.5. The number of aliphatic carboxylic acids is 3. The maximum absolute atomic E-state index is 14.2. The molecule has 0 aliphatic rings. The van der Waals surface area contributed by atoms with Crippen LogP contribution in [0.4, 0.5) is 0 Å². The summed E-state index contributed by atoms with van der Waals surface area (Å²) in [6, 6.07) is -21.0. The number of hydrogen-bond donors (Lipinski definition) is 22. The van der Waals surface area contributed by atoms with Gasteiger partial charge < -0.3 is 117 Å². The second-order valence-electron chi connectivity index (χ2n) is 22.9. The van der Waals surface area contributed by atoms with E-state index < -0.39 is 247 Å². The molecular weight excluding hydrogens is 1330 g/mol. The average molecular weight is 1420 g/mol. The molecule has 0 aromatic rings. The van der Waals surface area contributed by atoms with E-state index in [2.05, 4.69) is 46.3 Å². The maximum atomic E-state index is 14.2. The van der Waals surface area contributed by atoms with Gasteiger partial charge in [-0.25, -0.2) is 13.9 Å². The quantitative estimate of drug-likeness (QED) is 0.0199. The van der Waals surface area contributed by atoms with Crippen LogP contribution in [0.1, 0.15) is 125 Å². The number of carboxylic acids is 3. The molecule has 12 atom stereocenters. The number of carbonyl (C=O) groups is 16. The van der Waals surface area contributed by atoms with Gasteiger partial charge in [0.2, 0.25) is 76.8 Å². The number of nitrogens with two attached hydrogens (primary N) is 5. The summed E-state index contributed by atoms with van der Waals surface area (Å²) in [4.78, 5) is 248. The lowest BCUT2D eigenvalue weighted by Crippen LogP contribution is -2.62. The Kier molecular flexibility index (Phi) is 39.2. The van der Waals surface area contributed by atoms with E-state index in [9.17, 15) is 121 Å². The first-order valence-electron chi connectivity index (χ1n) is 29.7. The Labute approximate surface area is 549 Å². The van der Waals surface area contributed by atoms with Gasteiger partial charge in [0.1, 0.15) is 60.4 Å². The van der Waals surface area contributed by atoms with Crippen molar-refractivity contribution in [3.8, 4) is 0 Å². The smallest absolute Gasteiger partial charge is 0.469 e. The van der Waals surface area contributed by atoms with Gasteiger partial charge in [0.05, 0.1) is 38.5 Å². The van der Waals surface area contributed by atoms with Crippen molar-refractivity contribution in [3.05, 3.63) is 0 Å². The molecule has 0 aromatic heterocycles. The Morgan fingerprint density at radius 3 is 1.15 bits per heavy atom. The summed E-state index contributed by atoms with van der Waals surface area (Å²) in [7, 11) is -11.0. The standard InChI is InChI=1S/C52H91N15O27P2/c1-7-25(6)41(67-44(77)27(11-13-36(55)68)58-45(78)30(16-23(2)3)61-42(75)26(54)18-37(56)69)51(84)66-35(22-94-96(90,91)92)50(83)63-32(19-38(57)70)47(80)59-28(12-14-39(71)72)43(76)64-33(20-40(73)74)48(81)62-31(17-24(4)5)46(79)65-34(21-93-95(87,88)89)49(82)60-29(52(85)86)10-8-9-15-53/h23-35,41H,7-22,53-54H2,1-6H3,(H2,55,68)(H2,56,69)(H2,57,70)(H,58,78)(H,59,80)(H,60,82)(H,61,75)(H,62,81)(H,63,83)(H,64,76)(H,65,79)(H,66,84)(H,67,77)(H,71,72)(H,73,74)(H,85,86)(H2,87,88,89)(H2,90,91,92)/t25-,26-,27-,28-,29-,30-,31-,32-,33-,34-,35-,41-/m0/s1. The van der Waals surface area contributed by atoms with E-state index in [1.54, 1.807) is 13.8 Å². The van der Waals surface area contributed by atoms with Gasteiger partial charge in [-0.05, 0) is 69.2 Å². The van der Waals surface area contributed by atoms with Crippen LogP contribution in [0.3, 0.4) is 0 Å². The minimum Gasteiger partial charge on any atom is -0.481 e. The number of carbonyl (C=O) groups excluding carboxylic acids is 13. The molecular formula is C52H91N15O27P2. The lowest BCUT2D eigenvalue weighted by atomic mass is 9.96. The summed E-state index contributed by atoms with van der Waals surface area (Å²) < 4.78 is 32.5. The number of phosphoric ester groups is 2. The predicted octanol–water partition coefficient (Wildman–Crippen LogP) is -7.91. The van der Waals surface area contributed by atoms with Crippen LogP contribution >= 0.6 is 15.6 Å². The highest BCUT2D eigenvalue weighted by atomic mass is 31.2. The van der Waals surface area contributed by atoms with Crippen molar-refractivity contribution < 1.29 is 130 Å². The van der Waals surface area contributed by atoms with Gasteiger partial charge >= 0.3 is 33.6 Å². The summed E-state index contributed by atoms with van der Waals surface area (Å²) in [6.45, 7) is 6.66. The van der Waals surface area contributed by atoms with Crippen LogP contribution in [0.2, 0.25) is 0 Å². The number of rotatable bonds is 49. The molecule has 96 heavy (non-hydrogen) atoms. The fourth-order valence-electron chi connectivity index (χ4n) is 8.46. The van der Waals surface area contributed by atoms with Crippen molar-refractivity contribution >= 4 is 110 Å². The largest absolute Gasteiger partial charge is 0.481 e. The number of carboxylic acid groups (broad SMARTS) is 3. The molecule has 0 spiro atoms. The Balaban J connectivity index is 7.27. The molecule has 0 saturated heterocycles. The Morgan fingerprint density at radius 1 is 0.406 bits per heavy atom. The van der Waals surface area contributed by atoms with Gasteiger partial charge in [-0.2, -0.15) is 0 Å². The van der Waals surface area contributed by atoms with E-state index in [1.807, 2.05) is 16.0 Å². The fourth-order valence-corrected chi connectivity index (χ4v) is 9.15. The average Bonchev–Trinajstić information content (AvgIpc) is 0.917. The summed E-state index contributed by atoms with van der Waals surface area (Å²) in [6.07, 6.45) is -6.25. The molecule has 0 aliphatic carbocycles. The second-order valence-corrected chi connectivity index (χ2v) is 25.3. The van der Waals surface area contributed by atoms with Crippen molar-refractivity contribution in [2.45, 2.75) is 191 Å². The number of unbranched alkanes of at least 4 members (excludes halogenated alkanes) is 1. The SMILES string of the molecule is CC[C@H](C)[C@H](NC(=O)[C@H](CCC(N)=O)NC(=O)[C@H](CC(C)C)NC(=O)[C@@H](N)CC(N)=O)C(=O)N[C@@H](COP(=O)(O)O)C(=O)N[C@@H](CC(N)=O)C(=O)N[C@@H](CCC(=O)O)C(=O)N[C@@H](CC(=O)O)C(=O)N[C@@H](CC(C)C)C(=O)N[C@@H](COP(=O)(O)O)C(=O)N[C@@H](CCCCN)C(=O)O. The van der Waals surface area contributed by atoms with Crippen LogP contribution in [-0.2, 0) is 94.9 Å². The van der Waals surface area contributed by atoms with Crippen LogP contribution in [0.5, 0.6) is 0 Å². The zero-order valence-electron chi connectivity index (χ0n) is 53.5. The summed E-state index contributed by atoms with van der Waals surface area (Å²) >= 11 is 0. The number of primary amides is 3. The molecule has 0 unspecified atom stereocenters. The number of phosphoric acid groups is 2. The Hall–Kier alpha value is -8.34. The minimum absolute atomic E-state index is 0.0371. The maximum Gasteiger partial charge on any atom is 0.469 e. The van der Waals surface area contributed by atoms with Gasteiger partial charge in [0, 0.05) is 12.8 Å². The van der Waals surface area contributed by atoms with Crippen LogP contribution < -0.4 is 81.8 Å². The summed E-state index contributed by atoms with van der Waals surface area (Å²) in [5, 5.41) is 50.6. The molecule has 42 nitrogen and oxygen atoms in total. The van der Waals surface area contributed by atoms with E-state index in [1.165, 1.54) is 27.7 Å². The van der Waals surface area contributed by atoms with E-state index in [0.29, 0.717) is 6.42 Å². The third kappa shape index (κ3) is 37.1. The van der Waals surface area contributed by atoms with Gasteiger partial charge in [-0.3, -0.25) is 81.0 Å². The van der Waals surface area contributed by atoms with Crippen LogP contribution in [-0.4, -0.2) is 216 Å². The van der Waals surface area contributed by atoms with Gasteiger partial charge in [0.25, 0.3) is 0 Å². The molecule has 0 aromatic carbocycles. The number of hydrogen-bond acceptors (Lipinski definition) is 22. The number of nitrogens with one attached hydrogen (secondary N) is 10. The van der Waals surface area contributed by atoms with Gasteiger partial charge in [0.15, 0.2) is 0 Å². The molecule has 0 fully saturated rings. The van der Waals surface area contributed by atoms with E-state index in [-0.39, 0.29) is 44.6 Å². The molecule has 27 N–H and O–H groups in total. The third-order valence-corrected chi connectivity index (χ3v) is 14.5. The Morgan fingerprint density at radius 2 is 0.760 bits per heavy atom. The predicted molar refractivity (Wildman–Crippen MR) is 327 cm³/mol. The molecule has 44 heteroatoms. The summed E-state index contributed by atoms with van der Waals surface area (Å²) in [5.41, 5.74) is 27.1. The fraction of sp³-hybridized carbons (Fsp3) is 0.692. The molecule has 0 radical (unpaired) electrons. The van der Waals surface area contributed by atoms with Gasteiger partial charge in [-0.1, -0.05) is 48.0 Å². The topological polar surface area (TPSA) is 718 Å². The zero-order chi connectivity index (χ0) is 74.1. The van der Waals surface area contributed by atoms with Crippen LogP contribution in [0.25, 0.3) is 0 Å². The zero-order valence-corrected chi connectivity index (χ0v) is 55.3. The highest BCUT2D eigenvalue weighted by Gasteiger charge is 2.39. The lowest BCUT2D eigenvalue weighted by molar-refractivity contribution is -0.143. The van der Waals surface area contributed by atoms with E-state index in [4.69, 9.17) is 28.7 Å². The molecule has 13 amide bonds. The second kappa shape index (κ2) is 43.0. The molecule has 0 heterocycles. The van der Waals surface area contributed by atoms with Crippen molar-refractivity contribution in [2.24, 2.45) is 46.4 Å². The first-order valence-corrected chi connectivity index (χ1v) is 32.8. The molecule has 546 valence electrons. The molecule has 0 saturated carbocycles. The van der Waals surface area contributed by atoms with Crippen LogP contribution in [0.15, 0.2) is 0 Å². The first-order chi connectivity index (χ1) is 44.3.